The molecule has 0 unspecified atom stereocenters. The fraction of sp³-hybridized carbons (Fsp3) is 0. The Balaban J connectivity index is 2.43. The van der Waals surface area contributed by atoms with E-state index in [1.807, 2.05) is 30.3 Å². The molecule has 3 rings (SSSR count). The van der Waals surface area contributed by atoms with Crippen molar-refractivity contribution < 1.29 is 9.68 Å². The van der Waals surface area contributed by atoms with Crippen LogP contribution in [0, 0.1) is 0 Å². The second-order valence-electron chi connectivity index (χ2n) is 4.04. The van der Waals surface area contributed by atoms with Crippen LogP contribution in [0.3, 0.4) is 0 Å². The highest BCUT2D eigenvalue weighted by molar-refractivity contribution is 9.10. The summed E-state index contributed by atoms with van der Waals surface area (Å²) in [6.07, 6.45) is 0. The second kappa shape index (κ2) is 4.63. The van der Waals surface area contributed by atoms with Crippen LogP contribution >= 0.6 is 15.9 Å². The third-order valence-electron chi connectivity index (χ3n) is 3.02. The lowest BCUT2D eigenvalue weighted by Gasteiger charge is -2.10. The summed E-state index contributed by atoms with van der Waals surface area (Å²) in [6.45, 7) is 0. The van der Waals surface area contributed by atoms with Crippen molar-refractivity contribution in [2.45, 2.75) is 0 Å². The lowest BCUT2D eigenvalue weighted by atomic mass is 10.0. The molecule has 0 saturated carbocycles. The van der Waals surface area contributed by atoms with Gasteiger partial charge in [0, 0.05) is 15.2 Å². The number of hydrogen-bond acceptors (Lipinski definition) is 2. The average molecular weight is 301 g/mol. The van der Waals surface area contributed by atoms with Crippen molar-refractivity contribution in [2.24, 2.45) is 0 Å². The van der Waals surface area contributed by atoms with Gasteiger partial charge in [0.05, 0.1) is 0 Å². The molecule has 1 N–H and O–H groups in total. The van der Waals surface area contributed by atoms with Crippen molar-refractivity contribution in [3.05, 3.63) is 53.0 Å². The van der Waals surface area contributed by atoms with E-state index in [4.69, 9.17) is 9.68 Å². The van der Waals surface area contributed by atoms with Crippen molar-refractivity contribution in [1.29, 1.82) is 0 Å². The predicted molar refractivity (Wildman–Crippen MR) is 79.1 cm³/mol. The third-order valence-corrected chi connectivity index (χ3v) is 3.87. The Morgan fingerprint density at radius 1 is 0.944 bits per heavy atom. The summed E-state index contributed by atoms with van der Waals surface area (Å²) >= 11 is 3.65. The van der Waals surface area contributed by atoms with E-state index < -0.39 is 0 Å². The number of benzene rings is 3. The van der Waals surface area contributed by atoms with Crippen LogP contribution in [0.4, 0.5) is 0 Å². The van der Waals surface area contributed by atoms with Gasteiger partial charge in [-0.2, -0.15) is 0 Å². The molecule has 88 valence electrons. The van der Waals surface area contributed by atoms with E-state index in [2.05, 4.69) is 34.1 Å². The van der Waals surface area contributed by atoms with Crippen LogP contribution in [0.5, 0.6) is 5.75 Å². The molecular formula is C14H10BBrO2. The van der Waals surface area contributed by atoms with Gasteiger partial charge in [0.2, 0.25) is 0 Å². The molecule has 4 heteroatoms. The summed E-state index contributed by atoms with van der Waals surface area (Å²) in [5.74, 6) is 0.696. The molecule has 18 heavy (non-hydrogen) atoms. The summed E-state index contributed by atoms with van der Waals surface area (Å²) in [6, 6.07) is 16.1. The van der Waals surface area contributed by atoms with Gasteiger partial charge in [0.1, 0.15) is 5.75 Å². The molecule has 0 heterocycles. The molecule has 2 nitrogen and oxygen atoms in total. The SMILES string of the molecule is OBOc1cccc2c(Br)c3ccccc3cc12. The zero-order valence-electron chi connectivity index (χ0n) is 9.56. The molecule has 0 aliphatic rings. The number of fused-ring (bicyclic) bond motifs is 2. The lowest BCUT2D eigenvalue weighted by molar-refractivity contribution is 0.457. The molecule has 0 aliphatic carbocycles. The van der Waals surface area contributed by atoms with E-state index in [0.29, 0.717) is 5.75 Å². The third kappa shape index (κ3) is 1.78. The van der Waals surface area contributed by atoms with Gasteiger partial charge in [-0.05, 0) is 38.8 Å². The van der Waals surface area contributed by atoms with E-state index in [9.17, 15) is 0 Å². The molecule has 0 fully saturated rings. The smallest absolute Gasteiger partial charge is 0.504 e. The molecule has 0 aliphatic heterocycles. The summed E-state index contributed by atoms with van der Waals surface area (Å²) < 4.78 is 6.31. The van der Waals surface area contributed by atoms with Gasteiger partial charge in [0.25, 0.3) is 0 Å². The largest absolute Gasteiger partial charge is 0.538 e. The summed E-state index contributed by atoms with van der Waals surface area (Å²) in [7, 11) is -0.316. The van der Waals surface area contributed by atoms with Gasteiger partial charge in [-0.15, -0.1) is 0 Å². The molecule has 0 bridgehead atoms. The van der Waals surface area contributed by atoms with Crippen LogP contribution < -0.4 is 4.65 Å². The molecule has 0 saturated heterocycles. The Labute approximate surface area is 114 Å². The maximum absolute atomic E-state index is 8.93. The summed E-state index contributed by atoms with van der Waals surface area (Å²) in [5.41, 5.74) is 0. The Morgan fingerprint density at radius 2 is 1.72 bits per heavy atom. The fourth-order valence-electron chi connectivity index (χ4n) is 2.20. The first-order valence-corrected chi connectivity index (χ1v) is 6.44. The Kier molecular flexibility index (Phi) is 2.98. The number of halogens is 1. The van der Waals surface area contributed by atoms with Crippen molar-refractivity contribution in [3.8, 4) is 5.75 Å². The average Bonchev–Trinajstić information content (AvgIpc) is 2.40. The number of hydrogen-bond donors (Lipinski definition) is 1. The van der Waals surface area contributed by atoms with E-state index in [-0.39, 0.29) is 7.69 Å². The topological polar surface area (TPSA) is 29.5 Å². The minimum absolute atomic E-state index is 0.316. The van der Waals surface area contributed by atoms with Gasteiger partial charge in [0.15, 0.2) is 0 Å². The Bertz CT molecular complexity index is 727. The quantitative estimate of drug-likeness (QED) is 0.581. The molecule has 0 radical (unpaired) electrons. The standard InChI is InChI=1S/C14H10BBrO2/c16-14-10-5-2-1-4-9(10)8-12-11(14)6-3-7-13(12)18-15-17/h1-8,15,17H. The van der Waals surface area contributed by atoms with Crippen LogP contribution in [-0.4, -0.2) is 12.7 Å². The highest BCUT2D eigenvalue weighted by Gasteiger charge is 2.08. The maximum atomic E-state index is 8.93. The van der Waals surface area contributed by atoms with Crippen molar-refractivity contribution in [1.82, 2.24) is 0 Å². The monoisotopic (exact) mass is 300 g/mol. The van der Waals surface area contributed by atoms with Gasteiger partial charge in [-0.1, -0.05) is 36.4 Å². The van der Waals surface area contributed by atoms with Crippen molar-refractivity contribution in [3.63, 3.8) is 0 Å². The first kappa shape index (κ1) is 11.6. The molecule has 0 spiro atoms. The van der Waals surface area contributed by atoms with Crippen LogP contribution in [-0.2, 0) is 0 Å². The van der Waals surface area contributed by atoms with E-state index in [1.54, 1.807) is 0 Å². The second-order valence-corrected chi connectivity index (χ2v) is 4.83. The highest BCUT2D eigenvalue weighted by atomic mass is 79.9. The van der Waals surface area contributed by atoms with Crippen LogP contribution in [0.1, 0.15) is 0 Å². The van der Waals surface area contributed by atoms with Crippen molar-refractivity contribution >= 4 is 45.2 Å². The minimum Gasteiger partial charge on any atom is -0.538 e. The first-order chi connectivity index (χ1) is 8.81. The first-order valence-electron chi connectivity index (χ1n) is 5.65. The van der Waals surface area contributed by atoms with Crippen LogP contribution in [0.2, 0.25) is 0 Å². The van der Waals surface area contributed by atoms with Crippen LogP contribution in [0.25, 0.3) is 21.5 Å². The van der Waals surface area contributed by atoms with Gasteiger partial charge in [-0.25, -0.2) is 0 Å². The minimum atomic E-state index is -0.316. The predicted octanol–water partition coefficient (Wildman–Crippen LogP) is 3.39. The number of rotatable bonds is 2. The zero-order valence-corrected chi connectivity index (χ0v) is 11.1. The summed E-state index contributed by atoms with van der Waals surface area (Å²) in [5, 5.41) is 13.3. The molecule has 3 aromatic carbocycles. The van der Waals surface area contributed by atoms with Crippen molar-refractivity contribution in [2.75, 3.05) is 0 Å². The Hall–Kier alpha value is -1.52. The zero-order chi connectivity index (χ0) is 12.5. The molecule has 3 aromatic rings. The van der Waals surface area contributed by atoms with E-state index in [1.165, 1.54) is 5.39 Å². The molecule has 0 atom stereocenters. The van der Waals surface area contributed by atoms with E-state index >= 15 is 0 Å². The molecular weight excluding hydrogens is 291 g/mol. The van der Waals surface area contributed by atoms with Crippen LogP contribution in [0.15, 0.2) is 53.0 Å². The van der Waals surface area contributed by atoms with E-state index in [0.717, 1.165) is 20.6 Å². The lowest BCUT2D eigenvalue weighted by Crippen LogP contribution is -2.00. The van der Waals surface area contributed by atoms with Gasteiger partial charge >= 0.3 is 7.69 Å². The highest BCUT2D eigenvalue weighted by Crippen LogP contribution is 2.36. The maximum Gasteiger partial charge on any atom is 0.504 e. The van der Waals surface area contributed by atoms with Gasteiger partial charge < -0.3 is 9.68 Å². The summed E-state index contributed by atoms with van der Waals surface area (Å²) in [4.78, 5) is 0. The molecule has 0 amide bonds. The van der Waals surface area contributed by atoms with Gasteiger partial charge in [-0.3, -0.25) is 0 Å². The fourth-order valence-corrected chi connectivity index (χ4v) is 2.91. The molecule has 0 aromatic heterocycles. The Morgan fingerprint density at radius 3 is 2.56 bits per heavy atom. The normalized spacial score (nSPS) is 10.8.